The van der Waals surface area contributed by atoms with Crippen molar-refractivity contribution in [2.75, 3.05) is 6.26 Å². The minimum absolute atomic E-state index is 0.0904. The SMILES string of the molecule is CC[C@@H](N[C@H](C)c1ccc(S(C)(=O)=O)c(F)c1)c1nccs1. The third kappa shape index (κ3) is 3.91. The van der Waals surface area contributed by atoms with E-state index in [-0.39, 0.29) is 17.0 Å². The van der Waals surface area contributed by atoms with Gasteiger partial charge in [-0.3, -0.25) is 0 Å². The lowest BCUT2D eigenvalue weighted by Crippen LogP contribution is -2.24. The van der Waals surface area contributed by atoms with Crippen LogP contribution in [0.4, 0.5) is 4.39 Å². The van der Waals surface area contributed by atoms with Crippen molar-refractivity contribution in [1.29, 1.82) is 0 Å². The number of rotatable bonds is 6. The van der Waals surface area contributed by atoms with E-state index >= 15 is 0 Å². The van der Waals surface area contributed by atoms with Crippen molar-refractivity contribution in [2.24, 2.45) is 0 Å². The highest BCUT2D eigenvalue weighted by atomic mass is 32.2. The Labute approximate surface area is 134 Å². The first kappa shape index (κ1) is 17.1. The lowest BCUT2D eigenvalue weighted by molar-refractivity contribution is 0.452. The third-order valence-corrected chi connectivity index (χ3v) is 5.48. The Bertz CT molecular complexity index is 730. The van der Waals surface area contributed by atoms with Crippen molar-refractivity contribution < 1.29 is 12.8 Å². The van der Waals surface area contributed by atoms with Gasteiger partial charge >= 0.3 is 0 Å². The molecule has 4 nitrogen and oxygen atoms in total. The normalized spacial score (nSPS) is 14.7. The molecule has 1 aromatic carbocycles. The van der Waals surface area contributed by atoms with E-state index in [9.17, 15) is 12.8 Å². The maximum absolute atomic E-state index is 14.0. The van der Waals surface area contributed by atoms with E-state index in [1.54, 1.807) is 23.6 Å². The second kappa shape index (κ2) is 6.85. The van der Waals surface area contributed by atoms with Gasteiger partial charge in [0.15, 0.2) is 9.84 Å². The minimum Gasteiger partial charge on any atom is -0.301 e. The summed E-state index contributed by atoms with van der Waals surface area (Å²) < 4.78 is 36.9. The average Bonchev–Trinajstić information content (AvgIpc) is 2.96. The molecule has 0 saturated heterocycles. The van der Waals surface area contributed by atoms with Crippen LogP contribution in [0, 0.1) is 5.82 Å². The van der Waals surface area contributed by atoms with Gasteiger partial charge in [-0.25, -0.2) is 17.8 Å². The summed E-state index contributed by atoms with van der Waals surface area (Å²) in [7, 11) is -3.54. The lowest BCUT2D eigenvalue weighted by Gasteiger charge is -2.21. The van der Waals surface area contributed by atoms with E-state index < -0.39 is 15.7 Å². The zero-order valence-electron chi connectivity index (χ0n) is 12.7. The number of thiazole rings is 1. The van der Waals surface area contributed by atoms with E-state index in [0.29, 0.717) is 5.56 Å². The summed E-state index contributed by atoms with van der Waals surface area (Å²) in [6, 6.07) is 4.22. The average molecular weight is 342 g/mol. The fourth-order valence-corrected chi connectivity index (χ4v) is 3.77. The largest absolute Gasteiger partial charge is 0.301 e. The minimum atomic E-state index is -3.54. The van der Waals surface area contributed by atoms with Crippen LogP contribution in [0.3, 0.4) is 0 Å². The molecular weight excluding hydrogens is 323 g/mol. The number of halogens is 1. The van der Waals surface area contributed by atoms with Gasteiger partial charge in [-0.15, -0.1) is 11.3 Å². The molecule has 2 atom stereocenters. The summed E-state index contributed by atoms with van der Waals surface area (Å²) >= 11 is 1.57. The quantitative estimate of drug-likeness (QED) is 0.873. The Morgan fingerprint density at radius 2 is 2.14 bits per heavy atom. The van der Waals surface area contributed by atoms with Crippen LogP contribution in [0.25, 0.3) is 0 Å². The van der Waals surface area contributed by atoms with Crippen molar-refractivity contribution in [3.05, 3.63) is 46.2 Å². The number of sulfone groups is 1. The monoisotopic (exact) mass is 342 g/mol. The van der Waals surface area contributed by atoms with Crippen LogP contribution in [0.2, 0.25) is 0 Å². The number of aromatic nitrogens is 1. The standard InChI is InChI=1S/C15H19FN2O2S2/c1-4-13(15-17-7-8-21-15)18-10(2)11-5-6-14(12(16)9-11)22(3,19)20/h5-10,13,18H,4H2,1-3H3/t10-,13-/m1/s1. The molecule has 2 aromatic rings. The Morgan fingerprint density at radius 3 is 2.64 bits per heavy atom. The van der Waals surface area contributed by atoms with Crippen molar-refractivity contribution in [3.63, 3.8) is 0 Å². The van der Waals surface area contributed by atoms with Gasteiger partial charge in [0.1, 0.15) is 15.7 Å². The maximum Gasteiger partial charge on any atom is 0.178 e. The van der Waals surface area contributed by atoms with Crippen LogP contribution < -0.4 is 5.32 Å². The molecule has 0 aliphatic carbocycles. The van der Waals surface area contributed by atoms with Crippen LogP contribution in [-0.2, 0) is 9.84 Å². The summed E-state index contributed by atoms with van der Waals surface area (Å²) in [5.74, 6) is -0.712. The molecule has 0 saturated carbocycles. The smallest absolute Gasteiger partial charge is 0.178 e. The third-order valence-electron chi connectivity index (χ3n) is 3.46. The molecule has 0 fully saturated rings. The van der Waals surface area contributed by atoms with Gasteiger partial charge in [-0.05, 0) is 31.0 Å². The predicted molar refractivity (Wildman–Crippen MR) is 86.2 cm³/mol. The first-order valence-electron chi connectivity index (χ1n) is 6.98. The number of hydrogen-bond acceptors (Lipinski definition) is 5. The highest BCUT2D eigenvalue weighted by Crippen LogP contribution is 2.25. The Morgan fingerprint density at radius 1 is 1.41 bits per heavy atom. The molecule has 0 aliphatic heterocycles. The Balaban J connectivity index is 2.19. The number of nitrogens with one attached hydrogen (secondary N) is 1. The summed E-state index contributed by atoms with van der Waals surface area (Å²) in [5, 5.41) is 6.31. The van der Waals surface area contributed by atoms with Crippen molar-refractivity contribution >= 4 is 21.2 Å². The van der Waals surface area contributed by atoms with E-state index in [2.05, 4.69) is 17.2 Å². The molecule has 0 unspecified atom stereocenters. The zero-order valence-corrected chi connectivity index (χ0v) is 14.3. The summed E-state index contributed by atoms with van der Waals surface area (Å²) in [6.07, 6.45) is 3.62. The predicted octanol–water partition coefficient (Wildman–Crippen LogP) is 3.49. The Kier molecular flexibility index (Phi) is 5.31. The molecule has 1 aromatic heterocycles. The van der Waals surface area contributed by atoms with Crippen LogP contribution in [0.1, 0.15) is 42.9 Å². The van der Waals surface area contributed by atoms with E-state index in [1.807, 2.05) is 12.3 Å². The summed E-state index contributed by atoms with van der Waals surface area (Å²) in [6.45, 7) is 3.98. The van der Waals surface area contributed by atoms with Crippen molar-refractivity contribution in [3.8, 4) is 0 Å². The number of benzene rings is 1. The van der Waals surface area contributed by atoms with Crippen LogP contribution in [0.15, 0.2) is 34.7 Å². The highest BCUT2D eigenvalue weighted by Gasteiger charge is 2.19. The molecule has 120 valence electrons. The van der Waals surface area contributed by atoms with Gasteiger partial charge in [0.05, 0.1) is 6.04 Å². The van der Waals surface area contributed by atoms with Crippen LogP contribution in [0.5, 0.6) is 0 Å². The van der Waals surface area contributed by atoms with Gasteiger partial charge in [0.2, 0.25) is 0 Å². The molecule has 0 spiro atoms. The molecule has 1 N–H and O–H groups in total. The molecule has 2 rings (SSSR count). The van der Waals surface area contributed by atoms with E-state index in [1.165, 1.54) is 12.1 Å². The lowest BCUT2D eigenvalue weighted by atomic mass is 10.1. The number of hydrogen-bond donors (Lipinski definition) is 1. The molecule has 0 aliphatic rings. The summed E-state index contributed by atoms with van der Waals surface area (Å²) in [5.41, 5.74) is 0.708. The van der Waals surface area contributed by atoms with Crippen LogP contribution in [-0.4, -0.2) is 19.7 Å². The maximum atomic E-state index is 14.0. The van der Waals surface area contributed by atoms with Gasteiger partial charge in [-0.2, -0.15) is 0 Å². The Hall–Kier alpha value is -1.31. The molecular formula is C15H19FN2O2S2. The fourth-order valence-electron chi connectivity index (χ4n) is 2.26. The fraction of sp³-hybridized carbons (Fsp3) is 0.400. The summed E-state index contributed by atoms with van der Waals surface area (Å²) in [4.78, 5) is 4.03. The van der Waals surface area contributed by atoms with Gasteiger partial charge < -0.3 is 5.32 Å². The molecule has 22 heavy (non-hydrogen) atoms. The molecule has 1 heterocycles. The van der Waals surface area contributed by atoms with E-state index in [4.69, 9.17) is 0 Å². The zero-order chi connectivity index (χ0) is 16.3. The molecule has 0 amide bonds. The van der Waals surface area contributed by atoms with Crippen molar-refractivity contribution in [1.82, 2.24) is 10.3 Å². The first-order valence-corrected chi connectivity index (χ1v) is 9.75. The van der Waals surface area contributed by atoms with Gasteiger partial charge in [-0.1, -0.05) is 13.0 Å². The molecule has 0 bridgehead atoms. The first-order chi connectivity index (χ1) is 10.3. The van der Waals surface area contributed by atoms with Crippen LogP contribution >= 0.6 is 11.3 Å². The van der Waals surface area contributed by atoms with Gasteiger partial charge in [0.25, 0.3) is 0 Å². The second-order valence-corrected chi connectivity index (χ2v) is 8.09. The number of nitrogens with zero attached hydrogens (tertiary/aromatic N) is 1. The topological polar surface area (TPSA) is 59.1 Å². The molecule has 0 radical (unpaired) electrons. The van der Waals surface area contributed by atoms with Crippen molar-refractivity contribution in [2.45, 2.75) is 37.2 Å². The van der Waals surface area contributed by atoms with Gasteiger partial charge in [0, 0.05) is 23.9 Å². The molecule has 7 heteroatoms. The highest BCUT2D eigenvalue weighted by molar-refractivity contribution is 7.90. The van der Waals surface area contributed by atoms with E-state index in [0.717, 1.165) is 17.7 Å². The second-order valence-electron chi connectivity index (χ2n) is 5.18.